The molecular weight excluding hydrogens is 350 g/mol. The largest absolute Gasteiger partial charge is 0.476 e. The molecule has 4 nitrogen and oxygen atoms in total. The fourth-order valence-electron chi connectivity index (χ4n) is 1.58. The van der Waals surface area contributed by atoms with E-state index in [0.717, 1.165) is 14.2 Å². The van der Waals surface area contributed by atoms with Gasteiger partial charge in [-0.15, -0.1) is 22.7 Å². The maximum atomic E-state index is 11.3. The van der Waals surface area contributed by atoms with Gasteiger partial charge in [0, 0.05) is 4.47 Å². The molecule has 3 aromatic rings. The standard InChI is InChI=1S/C12H6BrNO3S2/c13-6-3-5-19-10(6)9-8(12(15)16)14-11(17-9)7-2-1-4-18-7/h1-5H,(H,15,16). The van der Waals surface area contributed by atoms with Crippen molar-refractivity contribution in [1.82, 2.24) is 4.98 Å². The highest BCUT2D eigenvalue weighted by Crippen LogP contribution is 2.38. The maximum absolute atomic E-state index is 11.3. The highest BCUT2D eigenvalue weighted by Gasteiger charge is 2.24. The molecule has 0 spiro atoms. The van der Waals surface area contributed by atoms with E-state index in [4.69, 9.17) is 4.42 Å². The fraction of sp³-hybridized carbons (Fsp3) is 0. The van der Waals surface area contributed by atoms with Crippen LogP contribution in [0.5, 0.6) is 0 Å². The molecule has 0 saturated carbocycles. The molecule has 0 aliphatic heterocycles. The molecule has 0 aliphatic rings. The zero-order valence-corrected chi connectivity index (χ0v) is 12.5. The monoisotopic (exact) mass is 355 g/mol. The molecule has 0 atom stereocenters. The molecule has 0 radical (unpaired) electrons. The lowest BCUT2D eigenvalue weighted by atomic mass is 10.3. The average Bonchev–Trinajstić information content (AvgIpc) is 3.07. The maximum Gasteiger partial charge on any atom is 0.358 e. The van der Waals surface area contributed by atoms with E-state index in [-0.39, 0.29) is 11.5 Å². The molecule has 0 saturated heterocycles. The second kappa shape index (κ2) is 4.92. The molecule has 3 heterocycles. The number of carboxylic acids is 1. The molecule has 0 bridgehead atoms. The summed E-state index contributed by atoms with van der Waals surface area (Å²) in [6.45, 7) is 0. The highest BCUT2D eigenvalue weighted by atomic mass is 79.9. The molecule has 0 aromatic carbocycles. The van der Waals surface area contributed by atoms with E-state index in [1.54, 1.807) is 0 Å². The van der Waals surface area contributed by atoms with E-state index in [2.05, 4.69) is 20.9 Å². The first-order valence-corrected chi connectivity index (χ1v) is 7.73. The number of thiophene rings is 2. The number of nitrogens with zero attached hydrogens (tertiary/aromatic N) is 1. The summed E-state index contributed by atoms with van der Waals surface area (Å²) in [7, 11) is 0. The van der Waals surface area contributed by atoms with Crippen LogP contribution >= 0.6 is 38.6 Å². The van der Waals surface area contributed by atoms with Crippen LogP contribution in [0, 0.1) is 0 Å². The Hall–Kier alpha value is -1.44. The Morgan fingerprint density at radius 2 is 2.16 bits per heavy atom. The molecule has 3 rings (SSSR count). The third kappa shape index (κ3) is 2.24. The average molecular weight is 356 g/mol. The molecule has 0 aliphatic carbocycles. The second-order valence-corrected chi connectivity index (χ2v) is 6.30. The van der Waals surface area contributed by atoms with Gasteiger partial charge in [-0.3, -0.25) is 0 Å². The minimum Gasteiger partial charge on any atom is -0.476 e. The van der Waals surface area contributed by atoms with E-state index >= 15 is 0 Å². The lowest BCUT2D eigenvalue weighted by Crippen LogP contribution is -1.98. The predicted molar refractivity (Wildman–Crippen MR) is 77.8 cm³/mol. The number of hydrogen-bond acceptors (Lipinski definition) is 5. The van der Waals surface area contributed by atoms with Gasteiger partial charge >= 0.3 is 5.97 Å². The molecular formula is C12H6BrNO3S2. The number of carbonyl (C=O) groups is 1. The van der Waals surface area contributed by atoms with Crippen molar-refractivity contribution in [2.24, 2.45) is 0 Å². The van der Waals surface area contributed by atoms with Gasteiger partial charge in [0.1, 0.15) is 0 Å². The first kappa shape index (κ1) is 12.6. The zero-order chi connectivity index (χ0) is 13.4. The van der Waals surface area contributed by atoms with Crippen LogP contribution in [0.15, 0.2) is 37.8 Å². The molecule has 1 N–H and O–H groups in total. The van der Waals surface area contributed by atoms with Gasteiger partial charge in [0.15, 0.2) is 11.5 Å². The summed E-state index contributed by atoms with van der Waals surface area (Å²) >= 11 is 6.23. The number of oxazole rings is 1. The Balaban J connectivity index is 2.19. The van der Waals surface area contributed by atoms with Crippen molar-refractivity contribution < 1.29 is 14.3 Å². The third-order valence-corrected chi connectivity index (χ3v) is 5.08. The zero-order valence-electron chi connectivity index (χ0n) is 9.29. The number of halogens is 1. The molecule has 0 fully saturated rings. The van der Waals surface area contributed by atoms with Gasteiger partial charge in [-0.2, -0.15) is 0 Å². The first-order chi connectivity index (χ1) is 9.16. The Kier molecular flexibility index (Phi) is 3.26. The summed E-state index contributed by atoms with van der Waals surface area (Å²) in [5, 5.41) is 13.0. The smallest absolute Gasteiger partial charge is 0.358 e. The van der Waals surface area contributed by atoms with Crippen LogP contribution < -0.4 is 0 Å². The van der Waals surface area contributed by atoms with E-state index in [0.29, 0.717) is 5.89 Å². The van der Waals surface area contributed by atoms with Crippen molar-refractivity contribution in [3.05, 3.63) is 39.1 Å². The molecule has 0 unspecified atom stereocenters. The molecule has 7 heteroatoms. The van der Waals surface area contributed by atoms with Crippen LogP contribution in [0.4, 0.5) is 0 Å². The summed E-state index contributed by atoms with van der Waals surface area (Å²) in [5.74, 6) is -0.470. The molecule has 3 aromatic heterocycles. The van der Waals surface area contributed by atoms with Crippen LogP contribution in [-0.2, 0) is 0 Å². The van der Waals surface area contributed by atoms with Gasteiger partial charge in [-0.05, 0) is 38.8 Å². The number of aromatic nitrogens is 1. The molecule has 96 valence electrons. The van der Waals surface area contributed by atoms with E-state index in [1.807, 2.05) is 29.0 Å². The summed E-state index contributed by atoms with van der Waals surface area (Å²) in [6, 6.07) is 5.56. The minimum absolute atomic E-state index is 0.0634. The first-order valence-electron chi connectivity index (χ1n) is 5.18. The van der Waals surface area contributed by atoms with Gasteiger partial charge in [0.05, 0.1) is 9.75 Å². The second-order valence-electron chi connectivity index (χ2n) is 3.58. The Morgan fingerprint density at radius 1 is 1.32 bits per heavy atom. The lowest BCUT2D eigenvalue weighted by molar-refractivity contribution is 0.0691. The minimum atomic E-state index is -1.10. The SMILES string of the molecule is O=C(O)c1nc(-c2cccs2)oc1-c1sccc1Br. The highest BCUT2D eigenvalue weighted by molar-refractivity contribution is 9.10. The number of hydrogen-bond donors (Lipinski definition) is 1. The van der Waals surface area contributed by atoms with Crippen molar-refractivity contribution in [2.45, 2.75) is 0 Å². The summed E-state index contributed by atoms with van der Waals surface area (Å²) in [4.78, 5) is 16.9. The van der Waals surface area contributed by atoms with Gasteiger partial charge in [-0.25, -0.2) is 9.78 Å². The lowest BCUT2D eigenvalue weighted by Gasteiger charge is -1.94. The van der Waals surface area contributed by atoms with Crippen molar-refractivity contribution in [1.29, 1.82) is 0 Å². The summed E-state index contributed by atoms with van der Waals surface area (Å²) < 4.78 is 6.44. The van der Waals surface area contributed by atoms with E-state index in [1.165, 1.54) is 22.7 Å². The van der Waals surface area contributed by atoms with Crippen molar-refractivity contribution in [3.63, 3.8) is 0 Å². The Morgan fingerprint density at radius 3 is 2.74 bits per heavy atom. The van der Waals surface area contributed by atoms with Crippen LogP contribution in [-0.4, -0.2) is 16.1 Å². The number of aromatic carboxylic acids is 1. The van der Waals surface area contributed by atoms with E-state index in [9.17, 15) is 9.90 Å². The van der Waals surface area contributed by atoms with Gasteiger partial charge in [-0.1, -0.05) is 6.07 Å². The van der Waals surface area contributed by atoms with Crippen LogP contribution in [0.1, 0.15) is 10.5 Å². The van der Waals surface area contributed by atoms with Crippen LogP contribution in [0.3, 0.4) is 0 Å². The van der Waals surface area contributed by atoms with Crippen molar-refractivity contribution in [2.75, 3.05) is 0 Å². The van der Waals surface area contributed by atoms with Crippen molar-refractivity contribution >= 4 is 44.6 Å². The number of rotatable bonds is 3. The fourth-order valence-corrected chi connectivity index (χ4v) is 3.76. The van der Waals surface area contributed by atoms with E-state index < -0.39 is 5.97 Å². The summed E-state index contributed by atoms with van der Waals surface area (Å²) in [6.07, 6.45) is 0. The van der Waals surface area contributed by atoms with Gasteiger partial charge in [0.25, 0.3) is 0 Å². The Labute approximate surface area is 124 Å². The quantitative estimate of drug-likeness (QED) is 0.745. The third-order valence-electron chi connectivity index (χ3n) is 2.39. The Bertz CT molecular complexity index is 730. The molecule has 0 amide bonds. The predicted octanol–water partition coefficient (Wildman–Crippen LogP) is 4.59. The summed E-state index contributed by atoms with van der Waals surface area (Å²) in [5.41, 5.74) is -0.0634. The molecule has 19 heavy (non-hydrogen) atoms. The normalized spacial score (nSPS) is 10.8. The van der Waals surface area contributed by atoms with Gasteiger partial charge < -0.3 is 9.52 Å². The van der Waals surface area contributed by atoms with Crippen LogP contribution in [0.2, 0.25) is 0 Å². The van der Waals surface area contributed by atoms with Crippen LogP contribution in [0.25, 0.3) is 21.4 Å². The van der Waals surface area contributed by atoms with Gasteiger partial charge in [0.2, 0.25) is 5.89 Å². The topological polar surface area (TPSA) is 63.3 Å². The van der Waals surface area contributed by atoms with Crippen molar-refractivity contribution in [3.8, 4) is 21.4 Å². The number of carboxylic acid groups (broad SMARTS) is 1.